The molecule has 0 amide bonds. The van der Waals surface area contributed by atoms with Crippen molar-refractivity contribution in [1.82, 2.24) is 4.98 Å². The number of alkyl halides is 1. The van der Waals surface area contributed by atoms with Crippen molar-refractivity contribution in [1.29, 1.82) is 0 Å². The second-order valence-electron chi connectivity index (χ2n) is 4.10. The van der Waals surface area contributed by atoms with Crippen molar-refractivity contribution in [3.63, 3.8) is 0 Å². The van der Waals surface area contributed by atoms with Crippen LogP contribution < -0.4 is 4.90 Å². The zero-order chi connectivity index (χ0) is 13.0. The number of nitrogens with zero attached hydrogens (tertiary/aromatic N) is 2. The Labute approximate surface area is 117 Å². The highest BCUT2D eigenvalue weighted by Crippen LogP contribution is 2.27. The Morgan fingerprint density at radius 2 is 2.06 bits per heavy atom. The summed E-state index contributed by atoms with van der Waals surface area (Å²) >= 11 is 12.0. The van der Waals surface area contributed by atoms with E-state index in [-0.39, 0.29) is 0 Å². The molecule has 0 unspecified atom stereocenters. The maximum Gasteiger partial charge on any atom is 0.0642 e. The van der Waals surface area contributed by atoms with Crippen LogP contribution >= 0.6 is 23.2 Å². The monoisotopic (exact) mass is 280 g/mol. The fraction of sp³-hybridized carbons (Fsp3) is 0.214. The molecule has 0 bridgehead atoms. The second-order valence-corrected chi connectivity index (χ2v) is 4.77. The van der Waals surface area contributed by atoms with E-state index in [9.17, 15) is 0 Å². The average molecular weight is 281 g/mol. The number of benzene rings is 1. The van der Waals surface area contributed by atoms with Crippen LogP contribution in [-0.4, -0.2) is 12.0 Å². The lowest BCUT2D eigenvalue weighted by atomic mass is 10.2. The molecule has 1 heterocycles. The smallest absolute Gasteiger partial charge is 0.0642 e. The van der Waals surface area contributed by atoms with E-state index in [1.807, 2.05) is 43.4 Å². The first-order chi connectivity index (χ1) is 8.70. The van der Waals surface area contributed by atoms with Crippen LogP contribution in [0.5, 0.6) is 0 Å². The van der Waals surface area contributed by atoms with Gasteiger partial charge in [-0.15, -0.1) is 11.6 Å². The molecule has 94 valence electrons. The molecule has 0 aliphatic heterocycles. The van der Waals surface area contributed by atoms with Crippen molar-refractivity contribution in [3.05, 3.63) is 58.9 Å². The van der Waals surface area contributed by atoms with Crippen LogP contribution in [0.1, 0.15) is 11.3 Å². The van der Waals surface area contributed by atoms with Gasteiger partial charge in [0.15, 0.2) is 0 Å². The maximum atomic E-state index is 6.25. The topological polar surface area (TPSA) is 16.1 Å². The van der Waals surface area contributed by atoms with Crippen LogP contribution in [0.2, 0.25) is 5.02 Å². The van der Waals surface area contributed by atoms with Gasteiger partial charge in [0, 0.05) is 19.1 Å². The van der Waals surface area contributed by atoms with E-state index in [1.54, 1.807) is 6.20 Å². The molecule has 1 aromatic carbocycles. The summed E-state index contributed by atoms with van der Waals surface area (Å²) in [7, 11) is 2.00. The Balaban J connectivity index is 2.16. The number of rotatable bonds is 4. The predicted octanol–water partition coefficient (Wildman–Crippen LogP) is 4.11. The minimum absolute atomic E-state index is 0.476. The summed E-state index contributed by atoms with van der Waals surface area (Å²) in [4.78, 5) is 6.37. The van der Waals surface area contributed by atoms with E-state index in [0.717, 1.165) is 23.5 Å². The van der Waals surface area contributed by atoms with E-state index >= 15 is 0 Å². The van der Waals surface area contributed by atoms with Gasteiger partial charge in [-0.3, -0.25) is 4.98 Å². The first kappa shape index (κ1) is 13.2. The van der Waals surface area contributed by atoms with Crippen molar-refractivity contribution >= 4 is 28.9 Å². The quantitative estimate of drug-likeness (QED) is 0.784. The fourth-order valence-corrected chi connectivity index (χ4v) is 2.28. The van der Waals surface area contributed by atoms with Crippen molar-refractivity contribution < 1.29 is 0 Å². The highest BCUT2D eigenvalue weighted by molar-refractivity contribution is 6.33. The van der Waals surface area contributed by atoms with Gasteiger partial charge in [0.1, 0.15) is 0 Å². The standard InChI is InChI=1S/C14H14Cl2N2/c1-18(10-12-4-2-3-7-17-12)14-6-5-11(9-15)8-13(14)16/h2-8H,9-10H2,1H3. The maximum absolute atomic E-state index is 6.25. The molecule has 2 aromatic rings. The molecule has 0 N–H and O–H groups in total. The summed E-state index contributed by atoms with van der Waals surface area (Å²) in [5.41, 5.74) is 3.02. The normalized spacial score (nSPS) is 10.4. The number of pyridine rings is 1. The highest BCUT2D eigenvalue weighted by atomic mass is 35.5. The van der Waals surface area contributed by atoms with Gasteiger partial charge < -0.3 is 4.90 Å². The molecule has 0 radical (unpaired) electrons. The van der Waals surface area contributed by atoms with E-state index < -0.39 is 0 Å². The van der Waals surface area contributed by atoms with Crippen molar-refractivity contribution in [2.45, 2.75) is 12.4 Å². The SMILES string of the molecule is CN(Cc1ccccn1)c1ccc(CCl)cc1Cl. The molecule has 2 rings (SSSR count). The van der Waals surface area contributed by atoms with Gasteiger partial charge in [0.25, 0.3) is 0 Å². The molecular weight excluding hydrogens is 267 g/mol. The van der Waals surface area contributed by atoms with Crippen LogP contribution in [0, 0.1) is 0 Å². The Morgan fingerprint density at radius 1 is 1.22 bits per heavy atom. The summed E-state index contributed by atoms with van der Waals surface area (Å²) < 4.78 is 0. The first-order valence-electron chi connectivity index (χ1n) is 5.66. The molecule has 0 saturated heterocycles. The number of aromatic nitrogens is 1. The number of hydrogen-bond donors (Lipinski definition) is 0. The molecule has 4 heteroatoms. The minimum Gasteiger partial charge on any atom is -0.367 e. The largest absolute Gasteiger partial charge is 0.367 e. The zero-order valence-corrected chi connectivity index (χ0v) is 11.6. The molecule has 18 heavy (non-hydrogen) atoms. The molecule has 0 aliphatic rings. The summed E-state index contributed by atoms with van der Waals surface area (Å²) in [6.07, 6.45) is 1.79. The third-order valence-electron chi connectivity index (χ3n) is 2.70. The van der Waals surface area contributed by atoms with Gasteiger partial charge in [-0.25, -0.2) is 0 Å². The molecule has 0 fully saturated rings. The minimum atomic E-state index is 0.476. The highest BCUT2D eigenvalue weighted by Gasteiger charge is 2.07. The van der Waals surface area contributed by atoms with Crippen LogP contribution in [0.3, 0.4) is 0 Å². The predicted molar refractivity (Wildman–Crippen MR) is 77.4 cm³/mol. The van der Waals surface area contributed by atoms with Crippen LogP contribution in [0.25, 0.3) is 0 Å². The number of halogens is 2. The summed E-state index contributed by atoms with van der Waals surface area (Å²) in [5.74, 6) is 0.476. The van der Waals surface area contributed by atoms with Gasteiger partial charge in [0.05, 0.1) is 22.9 Å². The third kappa shape index (κ3) is 3.15. The Hall–Kier alpha value is -1.25. The lowest BCUT2D eigenvalue weighted by molar-refractivity contribution is 0.885. The molecule has 2 nitrogen and oxygen atoms in total. The van der Waals surface area contributed by atoms with Gasteiger partial charge in [-0.2, -0.15) is 0 Å². The Morgan fingerprint density at radius 3 is 2.67 bits per heavy atom. The lowest BCUT2D eigenvalue weighted by Crippen LogP contribution is -2.17. The van der Waals surface area contributed by atoms with Crippen molar-refractivity contribution in [3.8, 4) is 0 Å². The summed E-state index contributed by atoms with van der Waals surface area (Å²) in [6, 6.07) is 11.8. The van der Waals surface area contributed by atoms with Crippen LogP contribution in [0.4, 0.5) is 5.69 Å². The Kier molecular flexibility index (Phi) is 4.45. The summed E-state index contributed by atoms with van der Waals surface area (Å²) in [5, 5.41) is 0.714. The molecule has 0 spiro atoms. The first-order valence-corrected chi connectivity index (χ1v) is 6.57. The fourth-order valence-electron chi connectivity index (χ4n) is 1.76. The Bertz CT molecular complexity index is 514. The zero-order valence-electron chi connectivity index (χ0n) is 10.1. The van der Waals surface area contributed by atoms with Gasteiger partial charge in [-0.05, 0) is 29.8 Å². The van der Waals surface area contributed by atoms with Gasteiger partial charge in [-0.1, -0.05) is 23.7 Å². The van der Waals surface area contributed by atoms with E-state index in [0.29, 0.717) is 10.9 Å². The van der Waals surface area contributed by atoms with Crippen LogP contribution in [-0.2, 0) is 12.4 Å². The van der Waals surface area contributed by atoms with E-state index in [1.165, 1.54) is 0 Å². The molecule has 0 atom stereocenters. The third-order valence-corrected chi connectivity index (χ3v) is 3.31. The van der Waals surface area contributed by atoms with Gasteiger partial charge >= 0.3 is 0 Å². The molecule has 0 aliphatic carbocycles. The lowest BCUT2D eigenvalue weighted by Gasteiger charge is -2.20. The molecule has 1 aromatic heterocycles. The molecular formula is C14H14Cl2N2. The number of hydrogen-bond acceptors (Lipinski definition) is 2. The van der Waals surface area contributed by atoms with Gasteiger partial charge in [0.2, 0.25) is 0 Å². The van der Waals surface area contributed by atoms with E-state index in [4.69, 9.17) is 23.2 Å². The number of anilines is 1. The van der Waals surface area contributed by atoms with E-state index in [2.05, 4.69) is 9.88 Å². The molecule has 0 saturated carbocycles. The summed E-state index contributed by atoms with van der Waals surface area (Å²) in [6.45, 7) is 0.723. The average Bonchev–Trinajstić information content (AvgIpc) is 2.39. The second kappa shape index (κ2) is 6.07. The van der Waals surface area contributed by atoms with Crippen LogP contribution in [0.15, 0.2) is 42.6 Å². The van der Waals surface area contributed by atoms with Crippen molar-refractivity contribution in [2.75, 3.05) is 11.9 Å². The van der Waals surface area contributed by atoms with Crippen molar-refractivity contribution in [2.24, 2.45) is 0 Å².